The summed E-state index contributed by atoms with van der Waals surface area (Å²) >= 11 is 6.09. The van der Waals surface area contributed by atoms with E-state index in [2.05, 4.69) is 11.4 Å². The quantitative estimate of drug-likeness (QED) is 0.321. The first-order valence-corrected chi connectivity index (χ1v) is 11.0. The van der Waals surface area contributed by atoms with Crippen molar-refractivity contribution < 1.29 is 14.3 Å². The van der Waals surface area contributed by atoms with Gasteiger partial charge in [0.1, 0.15) is 5.75 Å². The Morgan fingerprint density at radius 1 is 1.18 bits per heavy atom. The highest BCUT2D eigenvalue weighted by molar-refractivity contribution is 6.31. The monoisotopic (exact) mass is 477 g/mol. The molecule has 1 heterocycles. The highest BCUT2D eigenvalue weighted by Crippen LogP contribution is 2.32. The van der Waals surface area contributed by atoms with E-state index in [1.807, 2.05) is 6.92 Å². The maximum absolute atomic E-state index is 12.7. The Hall–Kier alpha value is -4.02. The van der Waals surface area contributed by atoms with Crippen molar-refractivity contribution in [1.82, 2.24) is 4.57 Å². The van der Waals surface area contributed by atoms with Crippen LogP contribution in [0.1, 0.15) is 35.7 Å². The van der Waals surface area contributed by atoms with Crippen LogP contribution in [-0.2, 0) is 4.74 Å². The fourth-order valence-corrected chi connectivity index (χ4v) is 3.34. The van der Waals surface area contributed by atoms with Gasteiger partial charge in [-0.2, -0.15) is 5.26 Å². The molecule has 0 atom stereocenters. The van der Waals surface area contributed by atoms with Gasteiger partial charge < -0.3 is 14.8 Å². The van der Waals surface area contributed by atoms with E-state index in [1.54, 1.807) is 54.9 Å². The van der Waals surface area contributed by atoms with Crippen LogP contribution in [0.4, 0.5) is 5.69 Å². The largest absolute Gasteiger partial charge is 0.495 e. The van der Waals surface area contributed by atoms with Crippen LogP contribution in [0.3, 0.4) is 0 Å². The zero-order valence-corrected chi connectivity index (χ0v) is 19.6. The third kappa shape index (κ3) is 6.06. The molecule has 0 radical (unpaired) electrons. The number of benzene rings is 2. The third-order valence-electron chi connectivity index (χ3n) is 4.99. The van der Waals surface area contributed by atoms with Gasteiger partial charge in [-0.3, -0.25) is 9.36 Å². The lowest BCUT2D eigenvalue weighted by atomic mass is 10.0. The lowest BCUT2D eigenvalue weighted by molar-refractivity contribution is 0.0500. The van der Waals surface area contributed by atoms with E-state index in [-0.39, 0.29) is 11.5 Å². The Kier molecular flexibility index (Phi) is 8.49. The van der Waals surface area contributed by atoms with Crippen molar-refractivity contribution in [3.05, 3.63) is 87.4 Å². The molecule has 0 amide bonds. The Morgan fingerprint density at radius 2 is 1.94 bits per heavy atom. The normalized spacial score (nSPS) is 10.6. The standard InChI is InChI=1S/C26H24ClN3O4/c1-3-4-13-34-26(32)18-6-9-21(10-7-18)29-11-12-30-17-24(33-2)23(15-25(30)31)22-14-20(27)8-5-19(22)16-28/h5-12,14-15,17,29H,3-4,13H2,1-2H3. The molecule has 0 spiro atoms. The summed E-state index contributed by atoms with van der Waals surface area (Å²) in [5, 5.41) is 12.9. The van der Waals surface area contributed by atoms with E-state index in [1.165, 1.54) is 23.9 Å². The fourth-order valence-electron chi connectivity index (χ4n) is 3.16. The minimum absolute atomic E-state index is 0.317. The first-order valence-electron chi connectivity index (χ1n) is 10.7. The van der Waals surface area contributed by atoms with Crippen LogP contribution < -0.4 is 15.6 Å². The number of halogens is 1. The lowest BCUT2D eigenvalue weighted by Crippen LogP contribution is -2.15. The predicted octanol–water partition coefficient (Wildman–Crippen LogP) is 5.55. The van der Waals surface area contributed by atoms with E-state index in [0.717, 1.165) is 18.5 Å². The van der Waals surface area contributed by atoms with Gasteiger partial charge >= 0.3 is 5.97 Å². The minimum atomic E-state index is -0.353. The average Bonchev–Trinajstić information content (AvgIpc) is 2.85. The summed E-state index contributed by atoms with van der Waals surface area (Å²) in [6, 6.07) is 15.2. The average molecular weight is 478 g/mol. The summed E-state index contributed by atoms with van der Waals surface area (Å²) in [6.07, 6.45) is 6.47. The molecular formula is C26H24ClN3O4. The van der Waals surface area contributed by atoms with Crippen LogP contribution in [0, 0.1) is 11.3 Å². The van der Waals surface area contributed by atoms with Crippen molar-refractivity contribution in [2.45, 2.75) is 19.8 Å². The summed E-state index contributed by atoms with van der Waals surface area (Å²) < 4.78 is 12.0. The van der Waals surface area contributed by atoms with Crippen molar-refractivity contribution >= 4 is 29.5 Å². The Labute approximate surface area is 202 Å². The minimum Gasteiger partial charge on any atom is -0.495 e. The smallest absolute Gasteiger partial charge is 0.338 e. The SMILES string of the molecule is CCCCOC(=O)c1ccc(NC=Cn2cc(OC)c(-c3cc(Cl)ccc3C#N)cc2=O)cc1. The predicted molar refractivity (Wildman–Crippen MR) is 133 cm³/mol. The molecule has 0 saturated carbocycles. The van der Waals surface area contributed by atoms with Crippen molar-refractivity contribution in [3.63, 3.8) is 0 Å². The van der Waals surface area contributed by atoms with Gasteiger partial charge in [0.05, 0.1) is 37.1 Å². The lowest BCUT2D eigenvalue weighted by Gasteiger charge is -2.12. The molecule has 3 rings (SSSR count). The number of nitriles is 1. The highest BCUT2D eigenvalue weighted by atomic mass is 35.5. The number of carbonyl (C=O) groups excluding carboxylic acids is 1. The molecule has 0 aliphatic rings. The number of pyridine rings is 1. The molecule has 0 saturated heterocycles. The van der Waals surface area contributed by atoms with Gasteiger partial charge in [0, 0.05) is 40.3 Å². The molecular weight excluding hydrogens is 454 g/mol. The number of hydrogen-bond donors (Lipinski definition) is 1. The van der Waals surface area contributed by atoms with Crippen LogP contribution in [-0.4, -0.2) is 24.3 Å². The molecule has 34 heavy (non-hydrogen) atoms. The summed E-state index contributed by atoms with van der Waals surface area (Å²) in [4.78, 5) is 24.7. The molecule has 8 heteroatoms. The molecule has 0 fully saturated rings. The molecule has 0 aliphatic carbocycles. The maximum atomic E-state index is 12.7. The molecule has 0 bridgehead atoms. The number of ether oxygens (including phenoxy) is 2. The zero-order valence-electron chi connectivity index (χ0n) is 18.9. The van der Waals surface area contributed by atoms with Gasteiger partial charge in [-0.25, -0.2) is 4.79 Å². The Morgan fingerprint density at radius 3 is 2.62 bits per heavy atom. The van der Waals surface area contributed by atoms with E-state index in [0.29, 0.717) is 39.6 Å². The molecule has 0 unspecified atom stereocenters. The van der Waals surface area contributed by atoms with Crippen molar-refractivity contribution in [2.24, 2.45) is 0 Å². The fraction of sp³-hybridized carbons (Fsp3) is 0.192. The van der Waals surface area contributed by atoms with Crippen molar-refractivity contribution in [1.29, 1.82) is 5.26 Å². The molecule has 7 nitrogen and oxygen atoms in total. The van der Waals surface area contributed by atoms with Crippen LogP contribution >= 0.6 is 11.6 Å². The number of aromatic nitrogens is 1. The van der Waals surface area contributed by atoms with Gasteiger partial charge in [0.15, 0.2) is 0 Å². The second kappa shape index (κ2) is 11.7. The summed E-state index contributed by atoms with van der Waals surface area (Å²) in [6.45, 7) is 2.44. The zero-order chi connectivity index (χ0) is 24.5. The molecule has 2 aromatic carbocycles. The van der Waals surface area contributed by atoms with Gasteiger partial charge in [-0.05, 0) is 48.9 Å². The number of methoxy groups -OCH3 is 1. The number of hydrogen-bond acceptors (Lipinski definition) is 6. The number of nitrogens with one attached hydrogen (secondary N) is 1. The second-order valence-corrected chi connectivity index (χ2v) is 7.77. The topological polar surface area (TPSA) is 93.3 Å². The third-order valence-corrected chi connectivity index (χ3v) is 5.23. The first kappa shape index (κ1) is 24.6. The highest BCUT2D eigenvalue weighted by Gasteiger charge is 2.13. The maximum Gasteiger partial charge on any atom is 0.338 e. The van der Waals surface area contributed by atoms with Crippen LogP contribution in [0.25, 0.3) is 17.3 Å². The van der Waals surface area contributed by atoms with Crippen molar-refractivity contribution in [2.75, 3.05) is 19.0 Å². The van der Waals surface area contributed by atoms with Crippen LogP contribution in [0.5, 0.6) is 5.75 Å². The summed E-state index contributed by atoms with van der Waals surface area (Å²) in [5.41, 5.74) is 2.27. The van der Waals surface area contributed by atoms with E-state index in [9.17, 15) is 14.9 Å². The van der Waals surface area contributed by atoms with E-state index < -0.39 is 0 Å². The number of esters is 1. The number of nitrogens with zero attached hydrogens (tertiary/aromatic N) is 2. The van der Waals surface area contributed by atoms with E-state index >= 15 is 0 Å². The number of rotatable bonds is 9. The first-order chi connectivity index (χ1) is 16.5. The van der Waals surface area contributed by atoms with E-state index in [4.69, 9.17) is 21.1 Å². The second-order valence-electron chi connectivity index (χ2n) is 7.33. The Bertz CT molecular complexity index is 1290. The van der Waals surface area contributed by atoms with Gasteiger partial charge in [0.2, 0.25) is 0 Å². The molecule has 1 N–H and O–H groups in total. The summed E-state index contributed by atoms with van der Waals surface area (Å²) in [7, 11) is 1.49. The molecule has 0 aliphatic heterocycles. The van der Waals surface area contributed by atoms with Crippen molar-refractivity contribution in [3.8, 4) is 22.9 Å². The van der Waals surface area contributed by atoms with Crippen LogP contribution in [0.2, 0.25) is 5.02 Å². The van der Waals surface area contributed by atoms with Gasteiger partial charge in [-0.15, -0.1) is 0 Å². The summed E-state index contributed by atoms with van der Waals surface area (Å²) in [5.74, 6) is 0.0579. The van der Waals surface area contributed by atoms with Gasteiger partial charge in [-0.1, -0.05) is 24.9 Å². The number of carbonyl (C=O) groups is 1. The van der Waals surface area contributed by atoms with Crippen LogP contribution in [0.15, 0.2) is 65.7 Å². The molecule has 1 aromatic heterocycles. The molecule has 3 aromatic rings. The van der Waals surface area contributed by atoms with Gasteiger partial charge in [0.25, 0.3) is 5.56 Å². The Balaban J connectivity index is 1.76. The molecule has 174 valence electrons. The number of anilines is 1. The number of unbranched alkanes of at least 4 members (excludes halogenated alkanes) is 1.